The first-order valence-electron chi connectivity index (χ1n) is 9.00. The molecule has 4 atom stereocenters. The highest BCUT2D eigenvalue weighted by Crippen LogP contribution is 2.52. The number of benzene rings is 1. The van der Waals surface area contributed by atoms with E-state index in [9.17, 15) is 15.8 Å². The van der Waals surface area contributed by atoms with E-state index < -0.39 is 17.3 Å². The molecular formula is C21H21ClN5+. The molecule has 136 valence electrons. The van der Waals surface area contributed by atoms with Crippen molar-refractivity contribution in [3.8, 4) is 18.2 Å². The lowest BCUT2D eigenvalue weighted by molar-refractivity contribution is -0.920. The van der Waals surface area contributed by atoms with Crippen molar-refractivity contribution < 1.29 is 4.90 Å². The Morgan fingerprint density at radius 2 is 1.81 bits per heavy atom. The van der Waals surface area contributed by atoms with E-state index >= 15 is 0 Å². The number of nitrogens with zero attached hydrogens (tertiary/aromatic N) is 3. The molecule has 3 rings (SSSR count). The molecule has 1 aromatic carbocycles. The Morgan fingerprint density at radius 1 is 1.19 bits per heavy atom. The molecule has 1 aliphatic heterocycles. The van der Waals surface area contributed by atoms with Crippen LogP contribution in [0.15, 0.2) is 35.9 Å². The lowest BCUT2D eigenvalue weighted by Crippen LogP contribution is -3.16. The zero-order valence-corrected chi connectivity index (χ0v) is 16.1. The minimum atomic E-state index is -1.66. The quantitative estimate of drug-likeness (QED) is 0.773. The van der Waals surface area contributed by atoms with Gasteiger partial charge in [-0.3, -0.25) is 0 Å². The molecule has 27 heavy (non-hydrogen) atoms. The first kappa shape index (κ1) is 19.1. The van der Waals surface area contributed by atoms with Crippen molar-refractivity contribution in [2.24, 2.45) is 17.3 Å². The molecule has 1 saturated carbocycles. The zero-order valence-electron chi connectivity index (χ0n) is 15.3. The second-order valence-corrected chi connectivity index (χ2v) is 8.00. The Bertz CT molecular complexity index is 896. The fraction of sp³-hybridized carbons (Fsp3) is 0.429. The molecule has 1 fully saturated rings. The predicted octanol–water partition coefficient (Wildman–Crippen LogP) is 2.48. The molecule has 2 unspecified atom stereocenters. The highest BCUT2D eigenvalue weighted by atomic mass is 35.5. The number of nitrogens with one attached hydrogen (secondary N) is 2. The smallest absolute Gasteiger partial charge is 0.189 e. The van der Waals surface area contributed by atoms with Gasteiger partial charge in [-0.05, 0) is 43.2 Å². The molecule has 0 radical (unpaired) electrons. The molecule has 1 aromatic rings. The standard InChI is InChI=1S/C21H20ClN5/c1-13(2)27-8-7-16-17(9-23)20(26)21(11-24,12-25)19(18(16)10-27)14-3-5-15(22)6-4-14/h3-7,13,17-19,26H,8,10H2,1-2H3/p+1/t17?,18-,19-/m0/s1. The van der Waals surface area contributed by atoms with Crippen LogP contribution in [0.2, 0.25) is 5.02 Å². The predicted molar refractivity (Wildman–Crippen MR) is 102 cm³/mol. The molecule has 0 saturated heterocycles. The van der Waals surface area contributed by atoms with Crippen molar-refractivity contribution in [1.29, 1.82) is 21.2 Å². The summed E-state index contributed by atoms with van der Waals surface area (Å²) in [4.78, 5) is 1.35. The molecule has 0 aromatic heterocycles. The zero-order chi connectivity index (χ0) is 19.8. The molecule has 2 N–H and O–H groups in total. The second kappa shape index (κ2) is 7.16. The van der Waals surface area contributed by atoms with E-state index in [1.165, 1.54) is 4.90 Å². The normalized spacial score (nSPS) is 29.1. The number of hydrogen-bond donors (Lipinski definition) is 2. The van der Waals surface area contributed by atoms with Gasteiger partial charge < -0.3 is 10.3 Å². The minimum Gasteiger partial charge on any atom is -0.329 e. The summed E-state index contributed by atoms with van der Waals surface area (Å²) in [5, 5.41) is 38.9. The molecule has 5 nitrogen and oxygen atoms in total. The summed E-state index contributed by atoms with van der Waals surface area (Å²) in [5.74, 6) is -1.45. The van der Waals surface area contributed by atoms with Gasteiger partial charge in [-0.15, -0.1) is 0 Å². The monoisotopic (exact) mass is 378 g/mol. The minimum absolute atomic E-state index is 0.106. The third-order valence-corrected chi connectivity index (χ3v) is 6.21. The highest BCUT2D eigenvalue weighted by molar-refractivity contribution is 6.30. The first-order valence-corrected chi connectivity index (χ1v) is 9.38. The summed E-state index contributed by atoms with van der Waals surface area (Å²) >= 11 is 6.04. The van der Waals surface area contributed by atoms with Crippen LogP contribution >= 0.6 is 11.6 Å². The molecule has 1 aliphatic carbocycles. The number of fused-ring (bicyclic) bond motifs is 1. The number of halogens is 1. The van der Waals surface area contributed by atoms with E-state index in [0.29, 0.717) is 11.1 Å². The van der Waals surface area contributed by atoms with Gasteiger partial charge in [-0.25, -0.2) is 0 Å². The second-order valence-electron chi connectivity index (χ2n) is 7.57. The maximum atomic E-state index is 10.0. The van der Waals surface area contributed by atoms with Crippen molar-refractivity contribution >= 4 is 17.3 Å². The van der Waals surface area contributed by atoms with E-state index in [1.807, 2.05) is 18.2 Å². The molecule has 2 aliphatic rings. The van der Waals surface area contributed by atoms with Crippen molar-refractivity contribution in [3.63, 3.8) is 0 Å². The van der Waals surface area contributed by atoms with Crippen LogP contribution in [0.1, 0.15) is 25.3 Å². The van der Waals surface area contributed by atoms with Gasteiger partial charge in [-0.2, -0.15) is 15.8 Å². The van der Waals surface area contributed by atoms with Crippen molar-refractivity contribution in [2.45, 2.75) is 25.8 Å². The summed E-state index contributed by atoms with van der Waals surface area (Å²) in [6.45, 7) is 5.79. The molecule has 1 heterocycles. The van der Waals surface area contributed by atoms with Crippen LogP contribution in [0, 0.1) is 56.7 Å². The molecular weight excluding hydrogens is 358 g/mol. The van der Waals surface area contributed by atoms with Gasteiger partial charge in [0.25, 0.3) is 0 Å². The molecule has 0 bridgehead atoms. The summed E-state index contributed by atoms with van der Waals surface area (Å²) < 4.78 is 0. The average molecular weight is 379 g/mol. The van der Waals surface area contributed by atoms with Crippen LogP contribution < -0.4 is 4.90 Å². The third kappa shape index (κ3) is 2.92. The number of nitriles is 3. The van der Waals surface area contributed by atoms with Crippen LogP contribution in [-0.2, 0) is 0 Å². The summed E-state index contributed by atoms with van der Waals surface area (Å²) in [7, 11) is 0. The van der Waals surface area contributed by atoms with E-state index in [-0.39, 0.29) is 11.6 Å². The van der Waals surface area contributed by atoms with Crippen molar-refractivity contribution in [1.82, 2.24) is 0 Å². The van der Waals surface area contributed by atoms with Gasteiger partial charge in [0.15, 0.2) is 5.41 Å². The van der Waals surface area contributed by atoms with Gasteiger partial charge in [0.05, 0.1) is 43.1 Å². The van der Waals surface area contributed by atoms with Gasteiger partial charge in [0.1, 0.15) is 5.92 Å². The maximum Gasteiger partial charge on any atom is 0.189 e. The van der Waals surface area contributed by atoms with E-state index in [4.69, 9.17) is 17.0 Å². The Hall–Kier alpha value is -2.65. The van der Waals surface area contributed by atoms with E-state index in [0.717, 1.165) is 24.2 Å². The van der Waals surface area contributed by atoms with Crippen LogP contribution in [0.5, 0.6) is 0 Å². The van der Waals surface area contributed by atoms with Gasteiger partial charge in [0.2, 0.25) is 0 Å². The third-order valence-electron chi connectivity index (χ3n) is 5.95. The van der Waals surface area contributed by atoms with Gasteiger partial charge in [-0.1, -0.05) is 23.7 Å². The number of quaternary nitrogens is 1. The van der Waals surface area contributed by atoms with E-state index in [2.05, 4.69) is 32.1 Å². The van der Waals surface area contributed by atoms with Crippen LogP contribution in [-0.4, -0.2) is 24.8 Å². The Balaban J connectivity index is 2.23. The van der Waals surface area contributed by atoms with Crippen molar-refractivity contribution in [2.75, 3.05) is 13.1 Å². The lowest BCUT2D eigenvalue weighted by Gasteiger charge is -2.47. The summed E-state index contributed by atoms with van der Waals surface area (Å²) in [6, 6.07) is 13.9. The highest BCUT2D eigenvalue weighted by Gasteiger charge is 2.58. The fourth-order valence-corrected chi connectivity index (χ4v) is 4.56. The SMILES string of the molecule is CC(C)[NH+]1CC=C2C(C#N)C(=N)C(C#N)(C#N)[C@@H](c3ccc(Cl)cc3)[C@H]2C1. The van der Waals surface area contributed by atoms with Gasteiger partial charge in [0, 0.05) is 16.9 Å². The van der Waals surface area contributed by atoms with Crippen LogP contribution in [0.25, 0.3) is 0 Å². The summed E-state index contributed by atoms with van der Waals surface area (Å²) in [6.07, 6.45) is 2.05. The van der Waals surface area contributed by atoms with Gasteiger partial charge >= 0.3 is 0 Å². The Labute approximate surface area is 164 Å². The topological polar surface area (TPSA) is 99.7 Å². The average Bonchev–Trinajstić information content (AvgIpc) is 2.67. The lowest BCUT2D eigenvalue weighted by atomic mass is 9.54. The molecule has 0 amide bonds. The molecule has 6 heteroatoms. The first-order chi connectivity index (χ1) is 12.9. The maximum absolute atomic E-state index is 10.0. The van der Waals surface area contributed by atoms with Crippen molar-refractivity contribution in [3.05, 3.63) is 46.5 Å². The summed E-state index contributed by atoms with van der Waals surface area (Å²) in [5.41, 5.74) is -0.0710. The number of hydrogen-bond acceptors (Lipinski definition) is 4. The van der Waals surface area contributed by atoms with Crippen LogP contribution in [0.4, 0.5) is 0 Å². The Morgan fingerprint density at radius 3 is 2.33 bits per heavy atom. The molecule has 0 spiro atoms. The van der Waals surface area contributed by atoms with Crippen LogP contribution in [0.3, 0.4) is 0 Å². The number of rotatable bonds is 2. The Kier molecular flexibility index (Phi) is 5.07. The fourth-order valence-electron chi connectivity index (χ4n) is 4.44. The largest absolute Gasteiger partial charge is 0.329 e. The van der Waals surface area contributed by atoms with E-state index in [1.54, 1.807) is 12.1 Å².